The average Bonchev–Trinajstić information content (AvgIpc) is 3.43. The van der Waals surface area contributed by atoms with Gasteiger partial charge >= 0.3 is 72.9 Å². The monoisotopic (exact) mass is 899 g/mol. The quantitative estimate of drug-likeness (QED) is 0.0308. The molecular weight excluding hydrogens is 830 g/mol. The van der Waals surface area contributed by atoms with Gasteiger partial charge in [-0.2, -0.15) is 0 Å². The van der Waals surface area contributed by atoms with E-state index in [9.17, 15) is 39.0 Å². The number of phosphoric ester groups is 2. The number of hydrogen-bond donors (Lipinski definition) is 4. The number of aromatic nitrogens is 2. The standard InChI is InChI=1S/C38H71N3O14P2.2Na/c1-3-5-7-9-11-13-15-16-18-20-22-24-34(42)53-31(28-50-27-23-21-19-17-14-12-10-8-6-4-2)29-51-56(46,47)55-57(48,49)52-30-32-35(43)36(44)37(54-32)41-26-25-33(39)40-38(41)45;;/h25-26,31-32,35-37,43-44H,3-24,27-30H2,1-2H3,(H,46,47)(H,48,49)(H2,39,40,45);;/q;2*+1/p-2/t31?,32-,35-,36+,37-;;/m1../s1. The van der Waals surface area contributed by atoms with Gasteiger partial charge in [0.1, 0.15) is 29.9 Å². The number of esters is 1. The SMILES string of the molecule is CCCCCCCCCCCCCC(=O)OC(COCCCCCCCCCCCC)COP(=O)([O-])OP(=O)(O)OC[C@H]1O[C@@H](n2ccc(=N)nc2[O-])[C@@H](O)[C@@H]1O.[Na+].[Na+]. The fraction of sp³-hybridized carbons (Fsp3) is 0.868. The Balaban J connectivity index is 0.0000168. The minimum atomic E-state index is -5.55. The van der Waals surface area contributed by atoms with Gasteiger partial charge in [0.05, 0.1) is 25.8 Å². The number of aliphatic hydroxyl groups excluding tert-OH is 2. The Labute approximate surface area is 395 Å². The van der Waals surface area contributed by atoms with Crippen LogP contribution in [0.25, 0.3) is 0 Å². The van der Waals surface area contributed by atoms with Gasteiger partial charge in [-0.3, -0.25) is 19.3 Å². The van der Waals surface area contributed by atoms with Crippen molar-refractivity contribution >= 4 is 21.6 Å². The molecule has 1 fully saturated rings. The van der Waals surface area contributed by atoms with Crippen molar-refractivity contribution in [1.82, 2.24) is 9.55 Å². The van der Waals surface area contributed by atoms with E-state index in [0.717, 1.165) is 61.8 Å². The number of rotatable bonds is 35. The largest absolute Gasteiger partial charge is 1.00 e. The van der Waals surface area contributed by atoms with Crippen molar-refractivity contribution in [2.45, 2.75) is 186 Å². The maximum atomic E-state index is 12.7. The fourth-order valence-electron chi connectivity index (χ4n) is 6.42. The number of ether oxygens (including phenoxy) is 3. The number of unbranched alkanes of at least 4 members (excludes halogenated alkanes) is 19. The Hall–Kier alpha value is 0.250. The number of carbonyl (C=O) groups excluding carboxylic acids is 1. The van der Waals surface area contributed by atoms with Crippen molar-refractivity contribution in [3.05, 3.63) is 17.8 Å². The zero-order valence-corrected chi connectivity index (χ0v) is 41.8. The van der Waals surface area contributed by atoms with Gasteiger partial charge in [-0.25, -0.2) is 13.9 Å². The van der Waals surface area contributed by atoms with Crippen LogP contribution in [0, 0.1) is 5.41 Å². The second kappa shape index (κ2) is 34.6. The molecular formula is C38H69N3Na2O14P2. The van der Waals surface area contributed by atoms with Crippen LogP contribution in [0.1, 0.15) is 161 Å². The number of aliphatic hydroxyl groups is 2. The molecule has 17 nitrogen and oxygen atoms in total. The van der Waals surface area contributed by atoms with Gasteiger partial charge in [-0.1, -0.05) is 136 Å². The van der Waals surface area contributed by atoms with Crippen LogP contribution in [0.2, 0.25) is 0 Å². The topological polar surface area (TPSA) is 255 Å². The Morgan fingerprint density at radius 2 is 1.34 bits per heavy atom. The summed E-state index contributed by atoms with van der Waals surface area (Å²) < 4.78 is 56.5. The molecule has 4 N–H and O–H groups in total. The van der Waals surface area contributed by atoms with Gasteiger partial charge in [-0.05, 0) is 18.9 Å². The summed E-state index contributed by atoms with van der Waals surface area (Å²) in [6.45, 7) is 2.91. The molecule has 0 saturated carbocycles. The van der Waals surface area contributed by atoms with E-state index in [2.05, 4.69) is 23.1 Å². The van der Waals surface area contributed by atoms with Crippen molar-refractivity contribution in [1.29, 1.82) is 5.41 Å². The van der Waals surface area contributed by atoms with Gasteiger partial charge in [0.25, 0.3) is 7.82 Å². The van der Waals surface area contributed by atoms with E-state index in [0.29, 0.717) is 13.0 Å². The number of carbonyl (C=O) groups is 1. The number of phosphoric acid groups is 2. The van der Waals surface area contributed by atoms with Crippen LogP contribution >= 0.6 is 15.6 Å². The first-order valence-corrected chi connectivity index (χ1v) is 24.0. The fourth-order valence-corrected chi connectivity index (χ4v) is 8.49. The van der Waals surface area contributed by atoms with E-state index < -0.39 is 71.5 Å². The number of nitrogens with zero attached hydrogens (tertiary/aromatic N) is 2. The molecule has 7 atom stereocenters. The minimum Gasteiger partial charge on any atom is -0.846 e. The summed E-state index contributed by atoms with van der Waals surface area (Å²) >= 11 is 0. The Morgan fingerprint density at radius 1 is 0.831 bits per heavy atom. The summed E-state index contributed by atoms with van der Waals surface area (Å²) in [5, 5.41) is 40.3. The molecule has 1 aromatic heterocycles. The molecule has 2 rings (SSSR count). The first kappa shape index (κ1) is 59.2. The average molecular weight is 900 g/mol. The first-order valence-electron chi connectivity index (χ1n) is 21.0. The third-order valence-electron chi connectivity index (χ3n) is 9.69. The van der Waals surface area contributed by atoms with Crippen molar-refractivity contribution in [3.63, 3.8) is 0 Å². The Morgan fingerprint density at radius 3 is 1.86 bits per heavy atom. The normalized spacial score (nSPS) is 20.2. The van der Waals surface area contributed by atoms with E-state index in [-0.39, 0.29) is 77.6 Å². The molecule has 1 saturated heterocycles. The van der Waals surface area contributed by atoms with Crippen LogP contribution < -0.4 is 74.6 Å². The van der Waals surface area contributed by atoms with Crippen LogP contribution in [0.5, 0.6) is 6.01 Å². The molecule has 0 amide bonds. The van der Waals surface area contributed by atoms with Gasteiger partial charge < -0.3 is 48.4 Å². The zero-order chi connectivity index (χ0) is 41.9. The van der Waals surface area contributed by atoms with Gasteiger partial charge in [-0.15, -0.1) is 0 Å². The van der Waals surface area contributed by atoms with Crippen LogP contribution in [-0.4, -0.2) is 81.5 Å². The molecule has 3 unspecified atom stereocenters. The zero-order valence-electron chi connectivity index (χ0n) is 36.0. The third kappa shape index (κ3) is 27.2. The minimum absolute atomic E-state index is 0. The van der Waals surface area contributed by atoms with Crippen LogP contribution in [0.15, 0.2) is 12.3 Å². The summed E-state index contributed by atoms with van der Waals surface area (Å²) in [5.41, 5.74) is -0.340. The molecule has 1 aromatic rings. The molecule has 332 valence electrons. The predicted octanol–water partition coefficient (Wildman–Crippen LogP) is 0.232. The van der Waals surface area contributed by atoms with E-state index in [1.54, 1.807) is 0 Å². The number of nitrogens with one attached hydrogen (secondary N) is 1. The van der Waals surface area contributed by atoms with E-state index in [1.165, 1.54) is 83.5 Å². The van der Waals surface area contributed by atoms with Crippen molar-refractivity contribution in [2.75, 3.05) is 26.4 Å². The molecule has 59 heavy (non-hydrogen) atoms. The van der Waals surface area contributed by atoms with Crippen molar-refractivity contribution in [3.8, 4) is 6.01 Å². The van der Waals surface area contributed by atoms with Crippen molar-refractivity contribution in [2.24, 2.45) is 0 Å². The summed E-state index contributed by atoms with van der Waals surface area (Å²) in [6.07, 6.45) is 17.4. The van der Waals surface area contributed by atoms with Crippen LogP contribution in [0.3, 0.4) is 0 Å². The van der Waals surface area contributed by atoms with E-state index in [4.69, 9.17) is 28.7 Å². The van der Waals surface area contributed by atoms with Gasteiger partial charge in [0, 0.05) is 19.2 Å². The molecule has 0 spiro atoms. The molecule has 1 aliphatic heterocycles. The van der Waals surface area contributed by atoms with Crippen molar-refractivity contribution < 1.29 is 126 Å². The molecule has 21 heteroatoms. The molecule has 0 radical (unpaired) electrons. The first-order chi connectivity index (χ1) is 27.3. The summed E-state index contributed by atoms with van der Waals surface area (Å²) in [7, 11) is -11.0. The second-order valence-electron chi connectivity index (χ2n) is 14.8. The second-order valence-corrected chi connectivity index (χ2v) is 17.8. The molecule has 0 aliphatic carbocycles. The summed E-state index contributed by atoms with van der Waals surface area (Å²) in [5.74, 6) is -0.552. The third-order valence-corrected chi connectivity index (χ3v) is 12.3. The predicted molar refractivity (Wildman–Crippen MR) is 207 cm³/mol. The van der Waals surface area contributed by atoms with Gasteiger partial charge in [0.2, 0.25) is 0 Å². The Bertz CT molecular complexity index is 1400. The smallest absolute Gasteiger partial charge is 0.846 e. The number of hydrogen-bond acceptors (Lipinski definition) is 15. The van der Waals surface area contributed by atoms with Crippen LogP contribution in [0.4, 0.5) is 0 Å². The maximum absolute atomic E-state index is 12.7. The van der Waals surface area contributed by atoms with E-state index >= 15 is 0 Å². The summed E-state index contributed by atoms with van der Waals surface area (Å²) in [4.78, 5) is 38.9. The Kier molecular flexibility index (Phi) is 34.8. The van der Waals surface area contributed by atoms with Gasteiger partial charge in [0.15, 0.2) is 6.23 Å². The summed E-state index contributed by atoms with van der Waals surface area (Å²) in [6, 6.07) is 0.188. The molecule has 0 aromatic carbocycles. The molecule has 2 heterocycles. The maximum Gasteiger partial charge on any atom is 1.00 e. The van der Waals surface area contributed by atoms with E-state index in [1.807, 2.05) is 0 Å². The molecule has 1 aliphatic rings. The molecule has 0 bridgehead atoms. The van der Waals surface area contributed by atoms with Crippen LogP contribution in [-0.2, 0) is 41.5 Å².